The van der Waals surface area contributed by atoms with Crippen LogP contribution >= 0.6 is 22.9 Å². The van der Waals surface area contributed by atoms with E-state index >= 15 is 0 Å². The van der Waals surface area contributed by atoms with E-state index in [1.165, 1.54) is 28.3 Å². The van der Waals surface area contributed by atoms with Gasteiger partial charge >= 0.3 is 0 Å². The molecule has 28 heavy (non-hydrogen) atoms. The fraction of sp³-hybridized carbons (Fsp3) is 0.500. The Morgan fingerprint density at radius 2 is 1.75 bits per heavy atom. The molecule has 0 spiro atoms. The number of piperazine rings is 1. The van der Waals surface area contributed by atoms with Crippen LogP contribution in [0, 0.1) is 0 Å². The monoisotopic (exact) mass is 440 g/mol. The van der Waals surface area contributed by atoms with Crippen molar-refractivity contribution in [2.45, 2.75) is 36.0 Å². The molecular formula is C20H25ClN2O3S2. The van der Waals surface area contributed by atoms with Crippen molar-refractivity contribution >= 4 is 33.0 Å². The Labute approximate surface area is 175 Å². The fourth-order valence-corrected chi connectivity index (χ4v) is 7.09. The molecule has 1 aliphatic heterocycles. The van der Waals surface area contributed by atoms with Crippen molar-refractivity contribution in [1.82, 2.24) is 9.21 Å². The van der Waals surface area contributed by atoms with Crippen LogP contribution in [0.1, 0.15) is 35.6 Å². The van der Waals surface area contributed by atoms with E-state index in [-0.39, 0.29) is 0 Å². The Morgan fingerprint density at radius 1 is 1.04 bits per heavy atom. The van der Waals surface area contributed by atoms with Gasteiger partial charge in [0.25, 0.3) is 10.0 Å². The summed E-state index contributed by atoms with van der Waals surface area (Å²) in [6.45, 7) is 2.60. The summed E-state index contributed by atoms with van der Waals surface area (Å²) < 4.78 is 27.7. The summed E-state index contributed by atoms with van der Waals surface area (Å²) in [7, 11) is -3.48. The van der Waals surface area contributed by atoms with Crippen LogP contribution < -0.4 is 0 Å². The first-order valence-electron chi connectivity index (χ1n) is 9.71. The number of aliphatic hydroxyl groups is 1. The summed E-state index contributed by atoms with van der Waals surface area (Å²) >= 11 is 6.98. The average molecular weight is 441 g/mol. The number of sulfonamides is 1. The number of benzene rings is 1. The standard InChI is InChI=1S/C20H25ClN2O3S2/c21-19-7-8-20(27-19)28(25,26)23-11-9-22(10-12-23)14-18(24)17-6-5-15-3-1-2-4-16(15)13-17/h5-8,13,18,24H,1-4,9-12,14H2/t18-/m0/s1. The molecule has 1 aromatic heterocycles. The summed E-state index contributed by atoms with van der Waals surface area (Å²) in [5.41, 5.74) is 3.74. The number of aryl methyl sites for hydroxylation is 2. The number of fused-ring (bicyclic) bond motifs is 1. The van der Waals surface area contributed by atoms with Gasteiger partial charge in [-0.3, -0.25) is 4.90 Å². The highest BCUT2D eigenvalue weighted by atomic mass is 35.5. The number of hydrogen-bond donors (Lipinski definition) is 1. The summed E-state index contributed by atoms with van der Waals surface area (Å²) in [5.74, 6) is 0. The van der Waals surface area contributed by atoms with Crippen LogP contribution in [-0.2, 0) is 22.9 Å². The zero-order valence-electron chi connectivity index (χ0n) is 15.7. The zero-order valence-corrected chi connectivity index (χ0v) is 18.1. The van der Waals surface area contributed by atoms with Crippen LogP contribution in [0.3, 0.4) is 0 Å². The molecule has 5 nitrogen and oxygen atoms in total. The average Bonchev–Trinajstić information content (AvgIpc) is 3.15. The van der Waals surface area contributed by atoms with Crippen molar-refractivity contribution in [3.05, 3.63) is 51.4 Å². The van der Waals surface area contributed by atoms with Gasteiger partial charge in [0, 0.05) is 32.7 Å². The first kappa shape index (κ1) is 20.3. The quantitative estimate of drug-likeness (QED) is 0.774. The molecule has 0 unspecified atom stereocenters. The molecule has 2 aromatic rings. The number of thiophene rings is 1. The molecule has 2 heterocycles. The first-order chi connectivity index (χ1) is 13.4. The van der Waals surface area contributed by atoms with Crippen LogP contribution in [0.25, 0.3) is 0 Å². The smallest absolute Gasteiger partial charge is 0.252 e. The van der Waals surface area contributed by atoms with Crippen LogP contribution in [0.15, 0.2) is 34.5 Å². The SMILES string of the molecule is O=S(=O)(c1ccc(Cl)s1)N1CCN(C[C@H](O)c2ccc3c(c2)CCCC3)CC1. The zero-order chi connectivity index (χ0) is 19.7. The second-order valence-corrected chi connectivity index (χ2v) is 11.4. The molecule has 2 aliphatic rings. The van der Waals surface area contributed by atoms with Crippen LogP contribution in [0.4, 0.5) is 0 Å². The van der Waals surface area contributed by atoms with Gasteiger partial charge in [-0.25, -0.2) is 8.42 Å². The molecule has 0 saturated carbocycles. The summed E-state index contributed by atoms with van der Waals surface area (Å²) in [4.78, 5) is 2.14. The predicted octanol–water partition coefficient (Wildman–Crippen LogP) is 3.32. The van der Waals surface area contributed by atoms with Crippen molar-refractivity contribution < 1.29 is 13.5 Å². The van der Waals surface area contributed by atoms with Crippen molar-refractivity contribution in [2.75, 3.05) is 32.7 Å². The first-order valence-corrected chi connectivity index (χ1v) is 12.3. The van der Waals surface area contributed by atoms with Gasteiger partial charge in [-0.1, -0.05) is 29.8 Å². The minimum absolute atomic E-state index is 0.292. The predicted molar refractivity (Wildman–Crippen MR) is 113 cm³/mol. The number of nitrogens with zero attached hydrogens (tertiary/aromatic N) is 2. The minimum Gasteiger partial charge on any atom is -0.387 e. The molecule has 1 N–H and O–H groups in total. The molecule has 0 radical (unpaired) electrons. The fourth-order valence-electron chi connectivity index (χ4n) is 4.03. The van der Waals surface area contributed by atoms with Crippen molar-refractivity contribution in [1.29, 1.82) is 0 Å². The number of aliphatic hydroxyl groups excluding tert-OH is 1. The van der Waals surface area contributed by atoms with Gasteiger partial charge in [0.15, 0.2) is 0 Å². The van der Waals surface area contributed by atoms with Crippen LogP contribution in [-0.4, -0.2) is 55.5 Å². The van der Waals surface area contributed by atoms with Gasteiger partial charge in [-0.05, 0) is 54.5 Å². The molecule has 1 fully saturated rings. The molecule has 0 amide bonds. The highest BCUT2D eigenvalue weighted by Gasteiger charge is 2.30. The molecule has 1 aromatic carbocycles. The second-order valence-electron chi connectivity index (χ2n) is 7.51. The Morgan fingerprint density at radius 3 is 2.43 bits per heavy atom. The lowest BCUT2D eigenvalue weighted by atomic mass is 9.89. The number of hydrogen-bond acceptors (Lipinski definition) is 5. The highest BCUT2D eigenvalue weighted by Crippen LogP contribution is 2.29. The van der Waals surface area contributed by atoms with E-state index in [0.29, 0.717) is 41.3 Å². The van der Waals surface area contributed by atoms with Crippen molar-refractivity contribution in [3.8, 4) is 0 Å². The summed E-state index contributed by atoms with van der Waals surface area (Å²) in [5, 5.41) is 10.7. The van der Waals surface area contributed by atoms with Gasteiger partial charge in [0.1, 0.15) is 4.21 Å². The maximum absolute atomic E-state index is 12.7. The molecular weight excluding hydrogens is 416 g/mol. The van der Waals surface area contributed by atoms with E-state index in [0.717, 1.165) is 29.7 Å². The van der Waals surface area contributed by atoms with E-state index in [1.54, 1.807) is 12.1 Å². The van der Waals surface area contributed by atoms with Gasteiger partial charge in [-0.15, -0.1) is 11.3 Å². The Hall–Kier alpha value is -0.960. The van der Waals surface area contributed by atoms with Gasteiger partial charge in [0.05, 0.1) is 10.4 Å². The van der Waals surface area contributed by atoms with Crippen LogP contribution in [0.5, 0.6) is 0 Å². The minimum atomic E-state index is -3.48. The maximum atomic E-state index is 12.7. The third-order valence-corrected chi connectivity index (χ3v) is 9.26. The lowest BCUT2D eigenvalue weighted by Crippen LogP contribution is -2.49. The third kappa shape index (κ3) is 4.30. The lowest BCUT2D eigenvalue weighted by Gasteiger charge is -2.34. The van der Waals surface area contributed by atoms with E-state index in [9.17, 15) is 13.5 Å². The van der Waals surface area contributed by atoms with E-state index < -0.39 is 16.1 Å². The van der Waals surface area contributed by atoms with Crippen molar-refractivity contribution in [2.24, 2.45) is 0 Å². The molecule has 1 atom stereocenters. The number of rotatable bonds is 5. The normalized spacial score (nSPS) is 20.1. The molecule has 0 bridgehead atoms. The molecule has 1 aliphatic carbocycles. The Bertz CT molecular complexity index is 937. The van der Waals surface area contributed by atoms with E-state index in [4.69, 9.17) is 11.6 Å². The summed E-state index contributed by atoms with van der Waals surface area (Å²) in [6, 6.07) is 9.53. The number of β-amino-alcohol motifs (C(OH)–C–C–N with tert-alkyl or cyclic N) is 1. The highest BCUT2D eigenvalue weighted by molar-refractivity contribution is 7.91. The molecule has 8 heteroatoms. The van der Waals surface area contributed by atoms with E-state index in [2.05, 4.69) is 17.0 Å². The molecule has 1 saturated heterocycles. The largest absolute Gasteiger partial charge is 0.387 e. The topological polar surface area (TPSA) is 60.9 Å². The second kappa shape index (κ2) is 8.42. The maximum Gasteiger partial charge on any atom is 0.252 e. The third-order valence-electron chi connectivity index (χ3n) is 5.66. The van der Waals surface area contributed by atoms with Crippen molar-refractivity contribution in [3.63, 3.8) is 0 Å². The Kier molecular flexibility index (Phi) is 6.11. The van der Waals surface area contributed by atoms with E-state index in [1.807, 2.05) is 6.07 Å². The summed E-state index contributed by atoms with van der Waals surface area (Å²) in [6.07, 6.45) is 4.15. The van der Waals surface area contributed by atoms with Crippen LogP contribution in [0.2, 0.25) is 4.34 Å². The lowest BCUT2D eigenvalue weighted by molar-refractivity contribution is 0.0921. The van der Waals surface area contributed by atoms with Gasteiger partial charge in [0.2, 0.25) is 0 Å². The molecule has 4 rings (SSSR count). The van der Waals surface area contributed by atoms with Gasteiger partial charge in [-0.2, -0.15) is 4.31 Å². The molecule has 152 valence electrons. The number of halogens is 1. The van der Waals surface area contributed by atoms with Gasteiger partial charge < -0.3 is 5.11 Å². The Balaban J connectivity index is 1.35.